The molecule has 0 bridgehead atoms. The van der Waals surface area contributed by atoms with Gasteiger partial charge in [-0.2, -0.15) is 0 Å². The first-order chi connectivity index (χ1) is 5.59. The van der Waals surface area contributed by atoms with Crippen LogP contribution in [0.3, 0.4) is 0 Å². The Kier molecular flexibility index (Phi) is 9.67. The molecule has 0 heterocycles. The van der Waals surface area contributed by atoms with E-state index >= 15 is 0 Å². The number of rotatable bonds is 5. The van der Waals surface area contributed by atoms with E-state index in [-0.39, 0.29) is 24.4 Å². The van der Waals surface area contributed by atoms with E-state index in [2.05, 4.69) is 0 Å². The Balaban J connectivity index is 0. The fourth-order valence-electron chi connectivity index (χ4n) is 0.964. The molecule has 0 saturated carbocycles. The Bertz CT molecular complexity index is 141. The zero-order chi connectivity index (χ0) is 9.56. The number of carbonyl (C=O) groups is 1. The lowest BCUT2D eigenvalue weighted by molar-refractivity contribution is -0.130. The minimum absolute atomic E-state index is 0. The average Bonchev–Trinajstić information content (AvgIpc) is 2.03. The van der Waals surface area contributed by atoms with Crippen molar-refractivity contribution in [3.63, 3.8) is 0 Å². The lowest BCUT2D eigenvalue weighted by Crippen LogP contribution is -2.39. The summed E-state index contributed by atoms with van der Waals surface area (Å²) in [7, 11) is 3.43. The highest BCUT2D eigenvalue weighted by Crippen LogP contribution is 1.99. The van der Waals surface area contributed by atoms with Crippen molar-refractivity contribution < 1.29 is 4.79 Å². The summed E-state index contributed by atoms with van der Waals surface area (Å²) in [6, 6.07) is -0.355. The van der Waals surface area contributed by atoms with Crippen molar-refractivity contribution in [2.24, 2.45) is 11.5 Å². The molecule has 0 rings (SSSR count). The van der Waals surface area contributed by atoms with Crippen LogP contribution in [0.15, 0.2) is 0 Å². The second-order valence-electron chi connectivity index (χ2n) is 3.12. The minimum Gasteiger partial charge on any atom is -0.347 e. The maximum atomic E-state index is 11.2. The normalized spacial score (nSPS) is 11.7. The molecule has 4 N–H and O–H groups in total. The van der Waals surface area contributed by atoms with Crippen LogP contribution in [-0.2, 0) is 4.79 Å². The van der Waals surface area contributed by atoms with Gasteiger partial charge in [0, 0.05) is 14.1 Å². The summed E-state index contributed by atoms with van der Waals surface area (Å²) >= 11 is 0. The molecular formula is C8H20ClN3O. The van der Waals surface area contributed by atoms with Gasteiger partial charge in [0.25, 0.3) is 0 Å². The summed E-state index contributed by atoms with van der Waals surface area (Å²) in [6.07, 6.45) is 2.60. The lowest BCUT2D eigenvalue weighted by atomic mass is 10.1. The standard InChI is InChI=1S/C8H19N3O.ClH/c1-11(2)8(12)7(10)5-3-4-6-9;/h7H,3-6,9-10H2,1-2H3;1H/t7-;/m0./s1. The Morgan fingerprint density at radius 2 is 1.92 bits per heavy atom. The minimum atomic E-state index is -0.355. The average molecular weight is 210 g/mol. The van der Waals surface area contributed by atoms with Gasteiger partial charge in [-0.25, -0.2) is 0 Å². The van der Waals surface area contributed by atoms with Crippen LogP contribution in [-0.4, -0.2) is 37.5 Å². The molecule has 0 aromatic heterocycles. The van der Waals surface area contributed by atoms with Gasteiger partial charge in [-0.3, -0.25) is 4.79 Å². The van der Waals surface area contributed by atoms with Gasteiger partial charge in [0.2, 0.25) is 5.91 Å². The summed E-state index contributed by atoms with van der Waals surface area (Å²) < 4.78 is 0. The first-order valence-corrected chi connectivity index (χ1v) is 4.26. The highest BCUT2D eigenvalue weighted by atomic mass is 35.5. The molecule has 0 radical (unpaired) electrons. The Morgan fingerprint density at radius 1 is 1.38 bits per heavy atom. The van der Waals surface area contributed by atoms with Crippen LogP contribution in [0.2, 0.25) is 0 Å². The van der Waals surface area contributed by atoms with E-state index in [0.29, 0.717) is 6.54 Å². The maximum absolute atomic E-state index is 11.2. The van der Waals surface area contributed by atoms with E-state index in [1.165, 1.54) is 4.90 Å². The number of carbonyl (C=O) groups excluding carboxylic acids is 1. The first-order valence-electron chi connectivity index (χ1n) is 4.26. The molecule has 0 unspecified atom stereocenters. The lowest BCUT2D eigenvalue weighted by Gasteiger charge is -2.16. The van der Waals surface area contributed by atoms with Crippen LogP contribution >= 0.6 is 12.4 Å². The van der Waals surface area contributed by atoms with E-state index in [4.69, 9.17) is 11.5 Å². The van der Waals surface area contributed by atoms with E-state index in [1.54, 1.807) is 14.1 Å². The summed E-state index contributed by atoms with van der Waals surface area (Å²) in [5.74, 6) is -0.00739. The molecule has 80 valence electrons. The van der Waals surface area contributed by atoms with Crippen LogP contribution in [0.25, 0.3) is 0 Å². The van der Waals surface area contributed by atoms with Crippen LogP contribution in [0, 0.1) is 0 Å². The van der Waals surface area contributed by atoms with Crippen LogP contribution < -0.4 is 11.5 Å². The molecule has 0 aliphatic heterocycles. The van der Waals surface area contributed by atoms with Crippen molar-refractivity contribution in [1.82, 2.24) is 4.90 Å². The van der Waals surface area contributed by atoms with Gasteiger partial charge in [0.05, 0.1) is 6.04 Å². The third kappa shape index (κ3) is 6.81. The monoisotopic (exact) mass is 209 g/mol. The smallest absolute Gasteiger partial charge is 0.238 e. The van der Waals surface area contributed by atoms with Gasteiger partial charge in [0.15, 0.2) is 0 Å². The Labute approximate surface area is 86.0 Å². The van der Waals surface area contributed by atoms with Crippen LogP contribution in [0.4, 0.5) is 0 Å². The molecule has 1 amide bonds. The highest BCUT2D eigenvalue weighted by molar-refractivity contribution is 5.85. The fraction of sp³-hybridized carbons (Fsp3) is 0.875. The second-order valence-corrected chi connectivity index (χ2v) is 3.12. The highest BCUT2D eigenvalue weighted by Gasteiger charge is 2.13. The van der Waals surface area contributed by atoms with E-state index in [1.807, 2.05) is 0 Å². The predicted octanol–water partition coefficient (Wildman–Crippen LogP) is -0.0473. The molecule has 4 nitrogen and oxygen atoms in total. The molecule has 5 heteroatoms. The third-order valence-corrected chi connectivity index (χ3v) is 1.73. The van der Waals surface area contributed by atoms with Crippen molar-refractivity contribution >= 4 is 18.3 Å². The van der Waals surface area contributed by atoms with Gasteiger partial charge in [-0.1, -0.05) is 6.42 Å². The number of unbranched alkanes of at least 4 members (excludes halogenated alkanes) is 1. The van der Waals surface area contributed by atoms with Crippen molar-refractivity contribution in [3.05, 3.63) is 0 Å². The van der Waals surface area contributed by atoms with Crippen LogP contribution in [0.1, 0.15) is 19.3 Å². The molecule has 13 heavy (non-hydrogen) atoms. The largest absolute Gasteiger partial charge is 0.347 e. The van der Waals surface area contributed by atoms with Crippen molar-refractivity contribution in [2.45, 2.75) is 25.3 Å². The molecule has 0 fully saturated rings. The van der Waals surface area contributed by atoms with E-state index in [9.17, 15) is 4.79 Å². The third-order valence-electron chi connectivity index (χ3n) is 1.73. The topological polar surface area (TPSA) is 72.3 Å². The fourth-order valence-corrected chi connectivity index (χ4v) is 0.964. The molecule has 0 aromatic rings. The number of nitrogens with zero attached hydrogens (tertiary/aromatic N) is 1. The summed E-state index contributed by atoms with van der Waals surface area (Å²) in [6.45, 7) is 0.670. The number of halogens is 1. The summed E-state index contributed by atoms with van der Waals surface area (Å²) in [5, 5.41) is 0. The van der Waals surface area contributed by atoms with Crippen molar-refractivity contribution in [2.75, 3.05) is 20.6 Å². The van der Waals surface area contributed by atoms with Crippen molar-refractivity contribution in [1.29, 1.82) is 0 Å². The summed E-state index contributed by atoms with van der Waals surface area (Å²) in [5.41, 5.74) is 10.9. The van der Waals surface area contributed by atoms with Gasteiger partial charge >= 0.3 is 0 Å². The predicted molar refractivity (Wildman–Crippen MR) is 56.8 cm³/mol. The summed E-state index contributed by atoms with van der Waals surface area (Å²) in [4.78, 5) is 12.7. The van der Waals surface area contributed by atoms with Gasteiger partial charge in [-0.05, 0) is 19.4 Å². The van der Waals surface area contributed by atoms with Gasteiger partial charge < -0.3 is 16.4 Å². The molecule has 0 aromatic carbocycles. The second kappa shape index (κ2) is 8.29. The molecule has 0 aliphatic rings. The number of nitrogens with two attached hydrogens (primary N) is 2. The van der Waals surface area contributed by atoms with E-state index in [0.717, 1.165) is 19.3 Å². The van der Waals surface area contributed by atoms with Crippen molar-refractivity contribution in [3.8, 4) is 0 Å². The van der Waals surface area contributed by atoms with Gasteiger partial charge in [0.1, 0.15) is 0 Å². The molecule has 0 saturated heterocycles. The van der Waals surface area contributed by atoms with Crippen LogP contribution in [0.5, 0.6) is 0 Å². The number of likely N-dealkylation sites (N-methyl/N-ethyl adjacent to an activating group) is 1. The molecule has 0 spiro atoms. The molecule has 0 aliphatic carbocycles. The SMILES string of the molecule is CN(C)C(=O)[C@@H](N)CCCCN.Cl. The Morgan fingerprint density at radius 3 is 2.31 bits per heavy atom. The zero-order valence-corrected chi connectivity index (χ0v) is 9.14. The number of hydrogen-bond donors (Lipinski definition) is 2. The number of amides is 1. The Hall–Kier alpha value is -0.320. The zero-order valence-electron chi connectivity index (χ0n) is 8.32. The number of hydrogen-bond acceptors (Lipinski definition) is 3. The molecule has 1 atom stereocenters. The van der Waals surface area contributed by atoms with Gasteiger partial charge in [-0.15, -0.1) is 12.4 Å². The molecular weight excluding hydrogens is 190 g/mol. The van der Waals surface area contributed by atoms with E-state index < -0.39 is 0 Å². The maximum Gasteiger partial charge on any atom is 0.238 e. The quantitative estimate of drug-likeness (QED) is 0.624. The first kappa shape index (κ1) is 15.2.